The fourth-order valence-corrected chi connectivity index (χ4v) is 1.90. The minimum absolute atomic E-state index is 0.0663. The smallest absolute Gasteiger partial charge is 0.310 e. The topological polar surface area (TPSA) is 103 Å². The lowest BCUT2D eigenvalue weighted by Gasteiger charge is -2.13. The van der Waals surface area contributed by atoms with Gasteiger partial charge in [0.15, 0.2) is 5.75 Å². The molecule has 1 N–H and O–H groups in total. The molecule has 2 aromatic rings. The number of nitrogens with zero attached hydrogens (tertiary/aromatic N) is 4. The van der Waals surface area contributed by atoms with Crippen molar-refractivity contribution in [2.24, 2.45) is 0 Å². The predicted octanol–water partition coefficient (Wildman–Crippen LogP) is 1.24. The van der Waals surface area contributed by atoms with Crippen molar-refractivity contribution >= 4 is 5.69 Å². The van der Waals surface area contributed by atoms with Gasteiger partial charge in [-0.05, 0) is 19.9 Å². The molecule has 0 aliphatic rings. The van der Waals surface area contributed by atoms with E-state index in [1.165, 1.54) is 12.1 Å². The number of aliphatic hydroxyl groups excluding tert-OH is 1. The number of aromatic nitrogens is 3. The molecule has 21 heavy (non-hydrogen) atoms. The van der Waals surface area contributed by atoms with Gasteiger partial charge in [-0.1, -0.05) is 12.1 Å². The lowest BCUT2D eigenvalue weighted by molar-refractivity contribution is -0.385. The van der Waals surface area contributed by atoms with Crippen molar-refractivity contribution in [3.8, 4) is 5.75 Å². The molecule has 0 bridgehead atoms. The van der Waals surface area contributed by atoms with Crippen LogP contribution in [0.2, 0.25) is 0 Å². The number of ether oxygens (including phenoxy) is 1. The summed E-state index contributed by atoms with van der Waals surface area (Å²) >= 11 is 0. The van der Waals surface area contributed by atoms with Crippen LogP contribution >= 0.6 is 0 Å². The van der Waals surface area contributed by atoms with E-state index in [9.17, 15) is 15.2 Å². The van der Waals surface area contributed by atoms with Gasteiger partial charge in [-0.25, -0.2) is 9.67 Å². The van der Waals surface area contributed by atoms with Gasteiger partial charge < -0.3 is 9.84 Å². The van der Waals surface area contributed by atoms with Crippen LogP contribution < -0.4 is 4.74 Å². The Bertz CT molecular complexity index is 641. The monoisotopic (exact) mass is 292 g/mol. The van der Waals surface area contributed by atoms with Crippen LogP contribution in [-0.4, -0.2) is 37.5 Å². The highest BCUT2D eigenvalue weighted by Gasteiger charge is 2.16. The van der Waals surface area contributed by atoms with Gasteiger partial charge in [0.2, 0.25) is 0 Å². The van der Waals surface area contributed by atoms with E-state index in [0.717, 1.165) is 0 Å². The molecule has 0 radical (unpaired) electrons. The van der Waals surface area contributed by atoms with Crippen molar-refractivity contribution < 1.29 is 14.8 Å². The Labute approximate surface area is 121 Å². The van der Waals surface area contributed by atoms with Crippen LogP contribution in [0.1, 0.15) is 11.6 Å². The predicted molar refractivity (Wildman–Crippen MR) is 74.1 cm³/mol. The fraction of sp³-hybridized carbons (Fsp3) is 0.385. The molecule has 2 rings (SSSR count). The Morgan fingerprint density at radius 2 is 2.14 bits per heavy atom. The second-order valence-corrected chi connectivity index (χ2v) is 4.58. The summed E-state index contributed by atoms with van der Waals surface area (Å²) in [6.45, 7) is 3.70. The van der Waals surface area contributed by atoms with Crippen molar-refractivity contribution in [3.05, 3.63) is 46.0 Å². The summed E-state index contributed by atoms with van der Waals surface area (Å²) in [7, 11) is 0. The fourth-order valence-electron chi connectivity index (χ4n) is 1.90. The van der Waals surface area contributed by atoms with Crippen molar-refractivity contribution in [2.45, 2.75) is 26.5 Å². The molecule has 0 unspecified atom stereocenters. The number of hydrogen-bond donors (Lipinski definition) is 1. The molecule has 1 heterocycles. The minimum Gasteiger partial charge on any atom is -0.484 e. The second-order valence-electron chi connectivity index (χ2n) is 4.58. The van der Waals surface area contributed by atoms with E-state index in [4.69, 9.17) is 4.74 Å². The third-order valence-electron chi connectivity index (χ3n) is 2.84. The first-order valence-electron chi connectivity index (χ1n) is 6.39. The lowest BCUT2D eigenvalue weighted by atomic mass is 10.3. The number of hydrogen-bond acceptors (Lipinski definition) is 6. The maximum Gasteiger partial charge on any atom is 0.310 e. The van der Waals surface area contributed by atoms with Gasteiger partial charge in [-0.2, -0.15) is 5.10 Å². The normalized spacial score (nSPS) is 12.1. The second kappa shape index (κ2) is 6.31. The first-order valence-corrected chi connectivity index (χ1v) is 6.39. The van der Waals surface area contributed by atoms with Crippen LogP contribution in [0.4, 0.5) is 5.69 Å². The average molecular weight is 292 g/mol. The van der Waals surface area contributed by atoms with E-state index in [1.54, 1.807) is 30.7 Å². The molecule has 0 saturated heterocycles. The summed E-state index contributed by atoms with van der Waals surface area (Å²) in [5, 5.41) is 24.9. The molecule has 1 aromatic heterocycles. The third kappa shape index (κ3) is 3.76. The summed E-state index contributed by atoms with van der Waals surface area (Å²) in [5.74, 6) is 1.45. The highest BCUT2D eigenvalue weighted by Crippen LogP contribution is 2.25. The maximum atomic E-state index is 10.8. The number of aliphatic hydroxyl groups is 1. The molecule has 0 aliphatic carbocycles. The van der Waals surface area contributed by atoms with E-state index < -0.39 is 11.0 Å². The van der Waals surface area contributed by atoms with Crippen LogP contribution in [0.5, 0.6) is 5.75 Å². The molecule has 0 spiro atoms. The van der Waals surface area contributed by atoms with Gasteiger partial charge in [0, 0.05) is 6.07 Å². The van der Waals surface area contributed by atoms with Crippen molar-refractivity contribution in [1.82, 2.24) is 14.8 Å². The van der Waals surface area contributed by atoms with Crippen LogP contribution in [0.15, 0.2) is 24.3 Å². The molecular weight excluding hydrogens is 276 g/mol. The Balaban J connectivity index is 1.97. The number of nitro groups is 1. The summed E-state index contributed by atoms with van der Waals surface area (Å²) in [6, 6.07) is 6.05. The van der Waals surface area contributed by atoms with Gasteiger partial charge in [0.05, 0.1) is 11.5 Å². The number of para-hydroxylation sites is 2. The molecule has 112 valence electrons. The van der Waals surface area contributed by atoms with Gasteiger partial charge in [0.1, 0.15) is 24.4 Å². The minimum atomic E-state index is -0.843. The molecule has 1 atom stereocenters. The number of aryl methyl sites for hydroxylation is 2. The molecule has 0 fully saturated rings. The van der Waals surface area contributed by atoms with Crippen LogP contribution in [0.25, 0.3) is 0 Å². The Morgan fingerprint density at radius 3 is 2.76 bits per heavy atom. The van der Waals surface area contributed by atoms with Crippen molar-refractivity contribution in [3.63, 3.8) is 0 Å². The molecule has 0 aliphatic heterocycles. The SMILES string of the molecule is Cc1nc(C)n(C[C@@H](O)COc2ccccc2[N+](=O)[O-])n1. The highest BCUT2D eigenvalue weighted by atomic mass is 16.6. The quantitative estimate of drug-likeness (QED) is 0.634. The largest absolute Gasteiger partial charge is 0.484 e. The van der Waals surface area contributed by atoms with Crippen molar-refractivity contribution in [1.29, 1.82) is 0 Å². The molecule has 0 saturated carbocycles. The zero-order valence-corrected chi connectivity index (χ0v) is 11.8. The van der Waals surface area contributed by atoms with Crippen LogP contribution in [-0.2, 0) is 6.54 Å². The number of rotatable bonds is 6. The van der Waals surface area contributed by atoms with Gasteiger partial charge in [0.25, 0.3) is 0 Å². The van der Waals surface area contributed by atoms with E-state index >= 15 is 0 Å². The number of benzene rings is 1. The first-order chi connectivity index (χ1) is 9.97. The number of nitro benzene ring substituents is 1. The molecule has 0 amide bonds. The van der Waals surface area contributed by atoms with E-state index in [2.05, 4.69) is 10.1 Å². The molecular formula is C13H16N4O4. The Morgan fingerprint density at radius 1 is 1.43 bits per heavy atom. The average Bonchev–Trinajstić information content (AvgIpc) is 2.74. The highest BCUT2D eigenvalue weighted by molar-refractivity contribution is 5.45. The summed E-state index contributed by atoms with van der Waals surface area (Å²) in [6.07, 6.45) is -0.843. The van der Waals surface area contributed by atoms with E-state index in [-0.39, 0.29) is 24.6 Å². The van der Waals surface area contributed by atoms with Gasteiger partial charge in [-0.3, -0.25) is 10.1 Å². The van der Waals surface area contributed by atoms with Crippen molar-refractivity contribution in [2.75, 3.05) is 6.61 Å². The summed E-state index contributed by atoms with van der Waals surface area (Å²) < 4.78 is 6.90. The standard InChI is InChI=1S/C13H16N4O4/c1-9-14-10(2)16(15-9)7-11(18)8-21-13-6-4-3-5-12(13)17(19)20/h3-6,11,18H,7-8H2,1-2H3/t11-/m1/s1. The Kier molecular flexibility index (Phi) is 4.49. The zero-order chi connectivity index (χ0) is 15.4. The molecule has 8 heteroatoms. The molecule has 8 nitrogen and oxygen atoms in total. The zero-order valence-electron chi connectivity index (χ0n) is 11.8. The van der Waals surface area contributed by atoms with E-state index in [0.29, 0.717) is 11.6 Å². The molecule has 1 aromatic carbocycles. The van der Waals surface area contributed by atoms with Crippen LogP contribution in [0, 0.1) is 24.0 Å². The lowest BCUT2D eigenvalue weighted by Crippen LogP contribution is -2.25. The van der Waals surface area contributed by atoms with E-state index in [1.807, 2.05) is 0 Å². The van der Waals surface area contributed by atoms with Gasteiger partial charge >= 0.3 is 5.69 Å². The summed E-state index contributed by atoms with van der Waals surface area (Å²) in [4.78, 5) is 14.5. The maximum absolute atomic E-state index is 10.8. The third-order valence-corrected chi connectivity index (χ3v) is 2.84. The first kappa shape index (κ1) is 14.9. The summed E-state index contributed by atoms with van der Waals surface area (Å²) in [5.41, 5.74) is -0.127. The Hall–Kier alpha value is -2.48. The van der Waals surface area contributed by atoms with Gasteiger partial charge in [-0.15, -0.1) is 0 Å². The van der Waals surface area contributed by atoms with Crippen LogP contribution in [0.3, 0.4) is 0 Å².